The molecule has 0 spiro atoms. The zero-order valence-corrected chi connectivity index (χ0v) is 19.8. The number of carbonyl (C=O) groups is 1. The van der Waals surface area contributed by atoms with E-state index in [0.717, 1.165) is 63.1 Å². The zero-order chi connectivity index (χ0) is 22.9. The molecule has 1 aliphatic carbocycles. The highest BCUT2D eigenvalue weighted by molar-refractivity contribution is 5.90. The highest BCUT2D eigenvalue weighted by Gasteiger charge is 2.40. The smallest absolute Gasteiger partial charge is 0.416 e. The van der Waals surface area contributed by atoms with Crippen LogP contribution in [0.5, 0.6) is 0 Å². The maximum atomic E-state index is 13.0. The first-order valence-electron chi connectivity index (χ1n) is 12.2. The van der Waals surface area contributed by atoms with Crippen LogP contribution in [0.4, 0.5) is 27.9 Å². The normalized spacial score (nSPS) is 21.9. The number of ether oxygens (including phenoxy) is 1. The van der Waals surface area contributed by atoms with Crippen molar-refractivity contribution in [2.75, 3.05) is 48.3 Å². The maximum Gasteiger partial charge on any atom is 0.416 e. The van der Waals surface area contributed by atoms with Crippen LogP contribution in [0.2, 0.25) is 0 Å². The number of carbonyl (C=O) groups excluding carboxylic acids is 1. The summed E-state index contributed by atoms with van der Waals surface area (Å²) in [7, 11) is 2.17. The summed E-state index contributed by atoms with van der Waals surface area (Å²) in [5, 5.41) is 3.33. The van der Waals surface area contributed by atoms with Gasteiger partial charge in [0.05, 0.1) is 5.56 Å². The van der Waals surface area contributed by atoms with E-state index < -0.39 is 0 Å². The van der Waals surface area contributed by atoms with Crippen LogP contribution in [0.3, 0.4) is 0 Å². The van der Waals surface area contributed by atoms with Crippen LogP contribution >= 0.6 is 0 Å². The monoisotopic (exact) mass is 450 g/mol. The second kappa shape index (κ2) is 9.17. The number of rotatable bonds is 5. The van der Waals surface area contributed by atoms with Gasteiger partial charge >= 0.3 is 6.09 Å². The molecule has 1 saturated carbocycles. The SMILES string of the molecule is CC(C)C1OC(=O)N(C2CCCC2)c2nc(Nc3ccc(N4CCN(C)CC4)cc3)ncc21. The number of nitrogens with zero attached hydrogens (tertiary/aromatic N) is 5. The lowest BCUT2D eigenvalue weighted by Gasteiger charge is -2.37. The summed E-state index contributed by atoms with van der Waals surface area (Å²) >= 11 is 0. The number of fused-ring (bicyclic) bond motifs is 1. The Bertz CT molecular complexity index is 981. The number of amides is 1. The molecule has 8 nitrogen and oxygen atoms in total. The van der Waals surface area contributed by atoms with Crippen LogP contribution in [0.25, 0.3) is 0 Å². The molecule has 2 aliphatic heterocycles. The van der Waals surface area contributed by atoms with Crippen molar-refractivity contribution in [3.05, 3.63) is 36.0 Å². The second-order valence-electron chi connectivity index (χ2n) is 9.79. The van der Waals surface area contributed by atoms with Crippen molar-refractivity contribution in [2.45, 2.75) is 51.7 Å². The van der Waals surface area contributed by atoms with Gasteiger partial charge in [0, 0.05) is 49.8 Å². The Morgan fingerprint density at radius 1 is 1.06 bits per heavy atom. The highest BCUT2D eigenvalue weighted by Crippen LogP contribution is 2.41. The van der Waals surface area contributed by atoms with Gasteiger partial charge in [0.1, 0.15) is 6.10 Å². The molecule has 1 unspecified atom stereocenters. The van der Waals surface area contributed by atoms with Gasteiger partial charge in [-0.3, -0.25) is 4.90 Å². The Hall–Kier alpha value is -2.87. The van der Waals surface area contributed by atoms with Crippen molar-refractivity contribution in [3.8, 4) is 0 Å². The van der Waals surface area contributed by atoms with E-state index in [9.17, 15) is 4.79 Å². The molecule has 2 aromatic rings. The largest absolute Gasteiger partial charge is 0.440 e. The third-order valence-corrected chi connectivity index (χ3v) is 7.04. The standard InChI is InChI=1S/C25H34N6O2/c1-17(2)22-21-16-26-24(28-23(21)31(25(32)33-22)20-6-4-5-7-20)27-18-8-10-19(11-9-18)30-14-12-29(3)13-15-30/h8-11,16-17,20,22H,4-7,12-15H2,1-3H3,(H,26,27,28). The van der Waals surface area contributed by atoms with Gasteiger partial charge in [-0.05, 0) is 50.1 Å². The molecule has 8 heteroatoms. The predicted molar refractivity (Wildman–Crippen MR) is 130 cm³/mol. The molecule has 0 bridgehead atoms. The molecule has 5 rings (SSSR count). The molecule has 1 amide bonds. The van der Waals surface area contributed by atoms with Crippen LogP contribution in [-0.4, -0.2) is 60.2 Å². The molecule has 0 radical (unpaired) electrons. The van der Waals surface area contributed by atoms with E-state index in [1.54, 1.807) is 4.90 Å². The molecule has 2 fully saturated rings. The number of anilines is 4. The maximum absolute atomic E-state index is 13.0. The molecule has 33 heavy (non-hydrogen) atoms. The van der Waals surface area contributed by atoms with E-state index in [2.05, 4.69) is 65.3 Å². The third kappa shape index (κ3) is 4.49. The van der Waals surface area contributed by atoms with E-state index in [4.69, 9.17) is 9.72 Å². The first-order chi connectivity index (χ1) is 16.0. The molecular weight excluding hydrogens is 416 g/mol. The third-order valence-electron chi connectivity index (χ3n) is 7.04. The Kier molecular flexibility index (Phi) is 6.10. The minimum atomic E-state index is -0.318. The number of likely N-dealkylation sites (N-methyl/N-ethyl adjacent to an activating group) is 1. The minimum Gasteiger partial charge on any atom is -0.440 e. The molecule has 1 aromatic heterocycles. The summed E-state index contributed by atoms with van der Waals surface area (Å²) in [6.45, 7) is 8.37. The number of aromatic nitrogens is 2. The van der Waals surface area contributed by atoms with Crippen LogP contribution in [0.15, 0.2) is 30.5 Å². The van der Waals surface area contributed by atoms with Crippen molar-refractivity contribution >= 4 is 29.2 Å². The second-order valence-corrected chi connectivity index (χ2v) is 9.79. The van der Waals surface area contributed by atoms with Gasteiger partial charge < -0.3 is 19.9 Å². The highest BCUT2D eigenvalue weighted by atomic mass is 16.6. The van der Waals surface area contributed by atoms with Gasteiger partial charge in [-0.2, -0.15) is 4.98 Å². The predicted octanol–water partition coefficient (Wildman–Crippen LogP) is 4.57. The van der Waals surface area contributed by atoms with E-state index in [1.807, 2.05) is 6.20 Å². The first kappa shape index (κ1) is 21.9. The van der Waals surface area contributed by atoms with E-state index in [0.29, 0.717) is 11.8 Å². The van der Waals surface area contributed by atoms with E-state index >= 15 is 0 Å². The Morgan fingerprint density at radius 2 is 1.76 bits per heavy atom. The molecule has 176 valence electrons. The van der Waals surface area contributed by atoms with Crippen LogP contribution in [-0.2, 0) is 4.74 Å². The summed E-state index contributed by atoms with van der Waals surface area (Å²) in [5.74, 6) is 1.35. The fourth-order valence-corrected chi connectivity index (χ4v) is 5.08. The summed E-state index contributed by atoms with van der Waals surface area (Å²) in [4.78, 5) is 28.9. The molecular formula is C25H34N6O2. The molecule has 1 aromatic carbocycles. The van der Waals surface area contributed by atoms with Crippen molar-refractivity contribution < 1.29 is 9.53 Å². The average molecular weight is 451 g/mol. The van der Waals surface area contributed by atoms with Crippen molar-refractivity contribution in [1.29, 1.82) is 0 Å². The van der Waals surface area contributed by atoms with Crippen molar-refractivity contribution in [3.63, 3.8) is 0 Å². The number of benzene rings is 1. The first-order valence-corrected chi connectivity index (χ1v) is 12.2. The zero-order valence-electron chi connectivity index (χ0n) is 19.8. The molecule has 3 heterocycles. The quantitative estimate of drug-likeness (QED) is 0.715. The van der Waals surface area contributed by atoms with Crippen LogP contribution in [0, 0.1) is 5.92 Å². The van der Waals surface area contributed by atoms with Gasteiger partial charge in [-0.25, -0.2) is 9.78 Å². The lowest BCUT2D eigenvalue weighted by molar-refractivity contribution is 0.0673. The lowest BCUT2D eigenvalue weighted by atomic mass is 9.98. The van der Waals surface area contributed by atoms with E-state index in [-0.39, 0.29) is 24.2 Å². The number of cyclic esters (lactones) is 1. The fraction of sp³-hybridized carbons (Fsp3) is 0.560. The molecule has 1 N–H and O–H groups in total. The molecule has 1 atom stereocenters. The number of hydrogen-bond acceptors (Lipinski definition) is 7. The Morgan fingerprint density at radius 3 is 2.42 bits per heavy atom. The van der Waals surface area contributed by atoms with E-state index in [1.165, 1.54) is 5.69 Å². The summed E-state index contributed by atoms with van der Waals surface area (Å²) < 4.78 is 5.81. The summed E-state index contributed by atoms with van der Waals surface area (Å²) in [6.07, 6.45) is 5.46. The summed E-state index contributed by atoms with van der Waals surface area (Å²) in [5.41, 5.74) is 3.06. The average Bonchev–Trinajstić information content (AvgIpc) is 3.34. The number of hydrogen-bond donors (Lipinski definition) is 1. The molecule has 3 aliphatic rings. The summed E-state index contributed by atoms with van der Waals surface area (Å²) in [6, 6.07) is 8.56. The number of nitrogens with one attached hydrogen (secondary N) is 1. The van der Waals surface area contributed by atoms with Crippen molar-refractivity contribution in [2.24, 2.45) is 5.92 Å². The Balaban J connectivity index is 1.38. The Labute approximate surface area is 195 Å². The van der Waals surface area contributed by atoms with Gasteiger partial charge in [-0.15, -0.1) is 0 Å². The topological polar surface area (TPSA) is 73.8 Å². The van der Waals surface area contributed by atoms with Crippen LogP contribution < -0.4 is 15.1 Å². The van der Waals surface area contributed by atoms with Gasteiger partial charge in [-0.1, -0.05) is 26.7 Å². The number of piperazine rings is 1. The molecule has 1 saturated heterocycles. The van der Waals surface area contributed by atoms with Gasteiger partial charge in [0.25, 0.3) is 0 Å². The lowest BCUT2D eigenvalue weighted by Crippen LogP contribution is -2.45. The minimum absolute atomic E-state index is 0.148. The van der Waals surface area contributed by atoms with Gasteiger partial charge in [0.15, 0.2) is 5.82 Å². The van der Waals surface area contributed by atoms with Crippen LogP contribution in [0.1, 0.15) is 51.2 Å². The van der Waals surface area contributed by atoms with Gasteiger partial charge in [0.2, 0.25) is 5.95 Å². The fourth-order valence-electron chi connectivity index (χ4n) is 5.08. The van der Waals surface area contributed by atoms with Crippen molar-refractivity contribution in [1.82, 2.24) is 14.9 Å².